The fourth-order valence-corrected chi connectivity index (χ4v) is 3.98. The van der Waals surface area contributed by atoms with E-state index in [1.165, 1.54) is 9.47 Å². The summed E-state index contributed by atoms with van der Waals surface area (Å²) >= 11 is 0. The standard InChI is InChI=1S/C24H35N7O4/c1-7-8-10-31-20(25)19(22(33)27-24(31)34)30(11-9-14(2)3)17(32)13-35-23-18-15(4)12-16(5)26-21(18)29(6)28-23/h12,14H,7-11,13,25H2,1-6H3,(H,27,33,34). The smallest absolute Gasteiger partial charge is 0.330 e. The van der Waals surface area contributed by atoms with Gasteiger partial charge in [-0.25, -0.2) is 14.5 Å². The number of carbonyl (C=O) groups excluding carboxylic acids is 1. The second-order valence-corrected chi connectivity index (χ2v) is 9.22. The van der Waals surface area contributed by atoms with Crippen LogP contribution >= 0.6 is 0 Å². The van der Waals surface area contributed by atoms with Gasteiger partial charge in [-0.2, -0.15) is 0 Å². The van der Waals surface area contributed by atoms with Crippen molar-refractivity contribution in [3.05, 3.63) is 38.2 Å². The fraction of sp³-hybridized carbons (Fsp3) is 0.542. The Morgan fingerprint density at radius 2 is 2.00 bits per heavy atom. The molecule has 0 radical (unpaired) electrons. The van der Waals surface area contributed by atoms with Crippen LogP contribution in [0.2, 0.25) is 0 Å². The summed E-state index contributed by atoms with van der Waals surface area (Å²) in [7, 11) is 1.76. The lowest BCUT2D eigenvalue weighted by Crippen LogP contribution is -2.43. The number of unbranched alkanes of at least 4 members (excludes halogenated alkanes) is 1. The first-order valence-corrected chi connectivity index (χ1v) is 11.9. The maximum absolute atomic E-state index is 13.4. The lowest BCUT2D eigenvalue weighted by Gasteiger charge is -2.25. The zero-order chi connectivity index (χ0) is 25.9. The van der Waals surface area contributed by atoms with Gasteiger partial charge in [0.2, 0.25) is 5.88 Å². The van der Waals surface area contributed by atoms with Gasteiger partial charge in [-0.05, 0) is 44.2 Å². The molecule has 3 heterocycles. The fourth-order valence-electron chi connectivity index (χ4n) is 3.98. The van der Waals surface area contributed by atoms with Crippen molar-refractivity contribution >= 4 is 28.4 Å². The predicted octanol–water partition coefficient (Wildman–Crippen LogP) is 2.28. The first-order valence-electron chi connectivity index (χ1n) is 11.9. The van der Waals surface area contributed by atoms with Crippen molar-refractivity contribution in [3.8, 4) is 5.88 Å². The molecule has 3 aromatic heterocycles. The van der Waals surface area contributed by atoms with Gasteiger partial charge in [-0.1, -0.05) is 27.2 Å². The molecular formula is C24H35N7O4. The molecule has 0 spiro atoms. The highest BCUT2D eigenvalue weighted by Crippen LogP contribution is 2.27. The summed E-state index contributed by atoms with van der Waals surface area (Å²) in [6, 6.07) is 1.92. The van der Waals surface area contributed by atoms with E-state index in [-0.39, 0.29) is 30.6 Å². The molecule has 190 valence electrons. The Labute approximate surface area is 203 Å². The number of carbonyl (C=O) groups is 1. The van der Waals surface area contributed by atoms with Crippen LogP contribution < -0.4 is 26.6 Å². The van der Waals surface area contributed by atoms with Gasteiger partial charge in [-0.3, -0.25) is 19.1 Å². The van der Waals surface area contributed by atoms with Gasteiger partial charge >= 0.3 is 5.69 Å². The quantitative estimate of drug-likeness (QED) is 0.449. The minimum Gasteiger partial charge on any atom is -0.466 e. The number of hydrogen-bond acceptors (Lipinski definition) is 7. The second kappa shape index (κ2) is 10.7. The molecule has 0 fully saturated rings. The lowest BCUT2D eigenvalue weighted by molar-refractivity contribution is -0.120. The number of rotatable bonds is 10. The molecule has 3 aromatic rings. The highest BCUT2D eigenvalue weighted by molar-refractivity contribution is 5.96. The van der Waals surface area contributed by atoms with Gasteiger partial charge in [0.25, 0.3) is 11.5 Å². The van der Waals surface area contributed by atoms with E-state index in [1.807, 2.05) is 40.7 Å². The largest absolute Gasteiger partial charge is 0.466 e. The van der Waals surface area contributed by atoms with Gasteiger partial charge in [0, 0.05) is 25.8 Å². The van der Waals surface area contributed by atoms with Crippen molar-refractivity contribution < 1.29 is 9.53 Å². The lowest BCUT2D eigenvalue weighted by atomic mass is 10.1. The first-order chi connectivity index (χ1) is 16.5. The van der Waals surface area contributed by atoms with Gasteiger partial charge in [0.1, 0.15) is 5.82 Å². The Morgan fingerprint density at radius 1 is 1.29 bits per heavy atom. The number of aryl methyl sites for hydroxylation is 3. The molecule has 0 saturated carbocycles. The monoisotopic (exact) mass is 485 g/mol. The topological polar surface area (TPSA) is 141 Å². The number of nitrogens with two attached hydrogens (primary N) is 1. The number of anilines is 2. The van der Waals surface area contributed by atoms with Gasteiger partial charge in [0.05, 0.1) is 5.39 Å². The third-order valence-electron chi connectivity index (χ3n) is 5.87. The second-order valence-electron chi connectivity index (χ2n) is 9.22. The molecule has 3 rings (SSSR count). The van der Waals surface area contributed by atoms with Crippen molar-refractivity contribution in [2.24, 2.45) is 13.0 Å². The summed E-state index contributed by atoms with van der Waals surface area (Å²) in [6.07, 6.45) is 2.18. The average molecular weight is 486 g/mol. The molecular weight excluding hydrogens is 450 g/mol. The SMILES string of the molecule is CCCCn1c(N)c(N(CCC(C)C)C(=O)COc2nn(C)c3nc(C)cc(C)c23)c(=O)[nH]c1=O. The van der Waals surface area contributed by atoms with Crippen LogP contribution in [0.1, 0.15) is 51.3 Å². The Bertz CT molecular complexity index is 1340. The number of aromatic amines is 1. The van der Waals surface area contributed by atoms with Crippen LogP contribution in [0, 0.1) is 19.8 Å². The molecule has 1 amide bonds. The molecule has 35 heavy (non-hydrogen) atoms. The van der Waals surface area contributed by atoms with Crippen LogP contribution in [0.5, 0.6) is 5.88 Å². The normalized spacial score (nSPS) is 11.4. The van der Waals surface area contributed by atoms with E-state index in [0.717, 1.165) is 23.1 Å². The number of amides is 1. The summed E-state index contributed by atoms with van der Waals surface area (Å²) in [5.74, 6) is 0.0804. The molecule has 0 aliphatic carbocycles. The van der Waals surface area contributed by atoms with E-state index in [2.05, 4.69) is 15.1 Å². The van der Waals surface area contributed by atoms with Crippen LogP contribution in [-0.4, -0.2) is 43.4 Å². The molecule has 0 aliphatic rings. The van der Waals surface area contributed by atoms with Crippen LogP contribution in [0.4, 0.5) is 11.5 Å². The van der Waals surface area contributed by atoms with E-state index in [4.69, 9.17) is 10.5 Å². The minimum atomic E-state index is -0.698. The molecule has 3 N–H and O–H groups in total. The van der Waals surface area contributed by atoms with E-state index in [9.17, 15) is 14.4 Å². The van der Waals surface area contributed by atoms with Crippen molar-refractivity contribution in [3.63, 3.8) is 0 Å². The number of nitrogens with zero attached hydrogens (tertiary/aromatic N) is 5. The molecule has 11 heteroatoms. The Morgan fingerprint density at radius 3 is 2.66 bits per heavy atom. The van der Waals surface area contributed by atoms with Crippen molar-refractivity contribution in [2.75, 3.05) is 23.8 Å². The van der Waals surface area contributed by atoms with Crippen molar-refractivity contribution in [1.82, 2.24) is 24.3 Å². The van der Waals surface area contributed by atoms with Gasteiger partial charge in [-0.15, -0.1) is 5.10 Å². The molecule has 0 unspecified atom stereocenters. The summed E-state index contributed by atoms with van der Waals surface area (Å²) in [6.45, 7) is 10.1. The summed E-state index contributed by atoms with van der Waals surface area (Å²) in [5, 5.41) is 5.11. The van der Waals surface area contributed by atoms with Crippen molar-refractivity contribution in [1.29, 1.82) is 0 Å². The van der Waals surface area contributed by atoms with Crippen molar-refractivity contribution in [2.45, 2.75) is 60.4 Å². The Hall–Kier alpha value is -3.63. The third-order valence-corrected chi connectivity index (χ3v) is 5.87. The summed E-state index contributed by atoms with van der Waals surface area (Å²) < 4.78 is 8.76. The molecule has 0 bridgehead atoms. The number of nitrogens with one attached hydrogen (secondary N) is 1. The number of fused-ring (bicyclic) bond motifs is 1. The van der Waals surface area contributed by atoms with Gasteiger partial charge < -0.3 is 15.4 Å². The van der Waals surface area contributed by atoms with E-state index < -0.39 is 17.2 Å². The zero-order valence-corrected chi connectivity index (χ0v) is 21.3. The summed E-state index contributed by atoms with van der Waals surface area (Å²) in [4.78, 5) is 46.7. The minimum absolute atomic E-state index is 0.0249. The third kappa shape index (κ3) is 5.55. The maximum Gasteiger partial charge on any atom is 0.330 e. The predicted molar refractivity (Wildman–Crippen MR) is 136 cm³/mol. The highest BCUT2D eigenvalue weighted by Gasteiger charge is 2.25. The number of ether oxygens (including phenoxy) is 1. The van der Waals surface area contributed by atoms with Crippen LogP contribution in [0.25, 0.3) is 11.0 Å². The number of aromatic nitrogens is 5. The van der Waals surface area contributed by atoms with Gasteiger partial charge in [0.15, 0.2) is 17.9 Å². The number of hydrogen-bond donors (Lipinski definition) is 2. The average Bonchev–Trinajstić information content (AvgIpc) is 3.09. The molecule has 0 aromatic carbocycles. The number of pyridine rings is 1. The van der Waals surface area contributed by atoms with Crippen LogP contribution in [0.3, 0.4) is 0 Å². The maximum atomic E-state index is 13.4. The van der Waals surface area contributed by atoms with Crippen LogP contribution in [0.15, 0.2) is 15.7 Å². The molecule has 0 atom stereocenters. The summed E-state index contributed by atoms with van der Waals surface area (Å²) in [5.41, 5.74) is 7.40. The van der Waals surface area contributed by atoms with E-state index >= 15 is 0 Å². The Balaban J connectivity index is 1.96. The zero-order valence-electron chi connectivity index (χ0n) is 21.3. The van der Waals surface area contributed by atoms with E-state index in [1.54, 1.807) is 11.7 Å². The molecule has 0 saturated heterocycles. The number of nitrogen functional groups attached to an aromatic ring is 1. The van der Waals surface area contributed by atoms with Crippen LogP contribution in [-0.2, 0) is 18.4 Å². The number of H-pyrrole nitrogens is 1. The van der Waals surface area contributed by atoms with E-state index in [0.29, 0.717) is 30.9 Å². The Kier molecular flexibility index (Phi) is 7.98. The molecule has 11 nitrogen and oxygen atoms in total. The molecule has 0 aliphatic heterocycles. The highest BCUT2D eigenvalue weighted by atomic mass is 16.5. The first kappa shape index (κ1) is 26.0.